The van der Waals surface area contributed by atoms with Gasteiger partial charge in [0.1, 0.15) is 5.01 Å². The number of nitrogens with zero attached hydrogens (tertiary/aromatic N) is 2. The predicted molar refractivity (Wildman–Crippen MR) is 132 cm³/mol. The first kappa shape index (κ1) is 22.4. The van der Waals surface area contributed by atoms with Crippen molar-refractivity contribution >= 4 is 34.0 Å². The van der Waals surface area contributed by atoms with Crippen molar-refractivity contribution in [2.45, 2.75) is 25.7 Å². The van der Waals surface area contributed by atoms with Crippen LogP contribution in [0.4, 0.5) is 10.8 Å². The zero-order chi connectivity index (χ0) is 22.9. The summed E-state index contributed by atoms with van der Waals surface area (Å²) in [5, 5.41) is 15.3. The fourth-order valence-electron chi connectivity index (χ4n) is 3.35. The van der Waals surface area contributed by atoms with E-state index in [1.54, 1.807) is 24.3 Å². The van der Waals surface area contributed by atoms with Crippen LogP contribution in [0, 0.1) is 0 Å². The highest BCUT2D eigenvalue weighted by molar-refractivity contribution is 7.15. The third kappa shape index (κ3) is 6.82. The Morgan fingerprint density at radius 2 is 1.39 bits per heavy atom. The van der Waals surface area contributed by atoms with E-state index in [4.69, 9.17) is 0 Å². The highest BCUT2D eigenvalue weighted by Gasteiger charge is 2.11. The van der Waals surface area contributed by atoms with Crippen LogP contribution in [-0.2, 0) is 24.1 Å². The maximum absolute atomic E-state index is 12.5. The average Bonchev–Trinajstić information content (AvgIpc) is 3.28. The van der Waals surface area contributed by atoms with Crippen LogP contribution in [0.25, 0.3) is 0 Å². The zero-order valence-corrected chi connectivity index (χ0v) is 18.8. The number of hydrogen-bond donors (Lipinski definition) is 2. The minimum atomic E-state index is -0.260. The number of rotatable bonds is 9. The van der Waals surface area contributed by atoms with Gasteiger partial charge in [-0.25, -0.2) is 0 Å². The standard InChI is InChI=1S/C26H24N4O2S/c31-23(18-20-10-5-2-6-11-20)27-22-16-14-21(15-17-22)25(32)28-26-30-29-24(33-26)13-7-12-19-8-3-1-4-9-19/h1-6,8-11,14-17H,7,12-13,18H2,(H,27,31)(H,28,30,32). The van der Waals surface area contributed by atoms with E-state index in [2.05, 4.69) is 33.0 Å². The third-order valence-corrected chi connectivity index (χ3v) is 5.92. The molecule has 0 fully saturated rings. The van der Waals surface area contributed by atoms with Gasteiger partial charge in [0.05, 0.1) is 6.42 Å². The molecule has 0 saturated heterocycles. The van der Waals surface area contributed by atoms with Gasteiger partial charge in [-0.05, 0) is 48.2 Å². The molecule has 3 aromatic carbocycles. The van der Waals surface area contributed by atoms with Gasteiger partial charge in [0.15, 0.2) is 0 Å². The lowest BCUT2D eigenvalue weighted by Gasteiger charge is -2.07. The Labute approximate surface area is 196 Å². The smallest absolute Gasteiger partial charge is 0.257 e. The molecule has 1 aromatic heterocycles. The van der Waals surface area contributed by atoms with Gasteiger partial charge in [-0.3, -0.25) is 14.9 Å². The van der Waals surface area contributed by atoms with Crippen molar-refractivity contribution in [3.8, 4) is 0 Å². The van der Waals surface area contributed by atoms with E-state index in [0.29, 0.717) is 22.8 Å². The molecule has 33 heavy (non-hydrogen) atoms. The molecule has 166 valence electrons. The van der Waals surface area contributed by atoms with Crippen molar-refractivity contribution in [1.82, 2.24) is 10.2 Å². The van der Waals surface area contributed by atoms with E-state index < -0.39 is 0 Å². The lowest BCUT2D eigenvalue weighted by atomic mass is 10.1. The summed E-state index contributed by atoms with van der Waals surface area (Å²) in [6, 6.07) is 26.7. The fraction of sp³-hybridized carbons (Fsp3) is 0.154. The van der Waals surface area contributed by atoms with Crippen molar-refractivity contribution in [2.24, 2.45) is 0 Å². The molecule has 6 nitrogen and oxygen atoms in total. The van der Waals surface area contributed by atoms with E-state index in [1.807, 2.05) is 48.5 Å². The van der Waals surface area contributed by atoms with Crippen LogP contribution < -0.4 is 10.6 Å². The van der Waals surface area contributed by atoms with Crippen LogP contribution in [-0.4, -0.2) is 22.0 Å². The zero-order valence-electron chi connectivity index (χ0n) is 18.0. The fourth-order valence-corrected chi connectivity index (χ4v) is 4.13. The van der Waals surface area contributed by atoms with Gasteiger partial charge < -0.3 is 5.32 Å². The first-order valence-corrected chi connectivity index (χ1v) is 11.6. The summed E-state index contributed by atoms with van der Waals surface area (Å²) in [5.41, 5.74) is 3.37. The Balaban J connectivity index is 1.25. The molecule has 0 bridgehead atoms. The number of aromatic nitrogens is 2. The Morgan fingerprint density at radius 3 is 2.09 bits per heavy atom. The van der Waals surface area contributed by atoms with E-state index in [0.717, 1.165) is 29.8 Å². The van der Waals surface area contributed by atoms with Gasteiger partial charge in [0, 0.05) is 17.7 Å². The van der Waals surface area contributed by atoms with Crippen LogP contribution in [0.1, 0.15) is 32.9 Å². The first-order valence-electron chi connectivity index (χ1n) is 10.8. The van der Waals surface area contributed by atoms with Crippen molar-refractivity contribution in [3.63, 3.8) is 0 Å². The van der Waals surface area contributed by atoms with Crippen molar-refractivity contribution < 1.29 is 9.59 Å². The van der Waals surface area contributed by atoms with Crippen LogP contribution >= 0.6 is 11.3 Å². The summed E-state index contributed by atoms with van der Waals surface area (Å²) >= 11 is 1.39. The van der Waals surface area contributed by atoms with Crippen molar-refractivity contribution in [3.05, 3.63) is 107 Å². The van der Waals surface area contributed by atoms with Gasteiger partial charge in [-0.15, -0.1) is 10.2 Å². The number of benzene rings is 3. The molecule has 0 aliphatic rings. The number of nitrogens with one attached hydrogen (secondary N) is 2. The number of amides is 2. The monoisotopic (exact) mass is 456 g/mol. The van der Waals surface area contributed by atoms with Crippen LogP contribution in [0.2, 0.25) is 0 Å². The predicted octanol–water partition coefficient (Wildman–Crippen LogP) is 5.15. The average molecular weight is 457 g/mol. The molecule has 2 amide bonds. The second kappa shape index (κ2) is 11.2. The van der Waals surface area contributed by atoms with Gasteiger partial charge in [0.2, 0.25) is 11.0 Å². The van der Waals surface area contributed by atoms with Crippen molar-refractivity contribution in [2.75, 3.05) is 10.6 Å². The van der Waals surface area contributed by atoms with E-state index >= 15 is 0 Å². The van der Waals surface area contributed by atoms with Gasteiger partial charge >= 0.3 is 0 Å². The molecular formula is C26H24N4O2S. The number of aryl methyl sites for hydroxylation is 2. The number of carbonyl (C=O) groups excluding carboxylic acids is 2. The molecule has 0 aliphatic carbocycles. The molecular weight excluding hydrogens is 432 g/mol. The van der Waals surface area contributed by atoms with Crippen LogP contribution in [0.3, 0.4) is 0 Å². The Kier molecular flexibility index (Phi) is 7.56. The molecule has 7 heteroatoms. The Bertz CT molecular complexity index is 1190. The Hall–Kier alpha value is -3.84. The highest BCUT2D eigenvalue weighted by atomic mass is 32.1. The summed E-state index contributed by atoms with van der Waals surface area (Å²) in [4.78, 5) is 24.7. The first-order chi connectivity index (χ1) is 16.2. The molecule has 0 atom stereocenters. The second-order valence-electron chi connectivity index (χ2n) is 7.58. The molecule has 0 aliphatic heterocycles. The van der Waals surface area contributed by atoms with Gasteiger partial charge in [-0.1, -0.05) is 72.0 Å². The van der Waals surface area contributed by atoms with Crippen LogP contribution in [0.15, 0.2) is 84.9 Å². The third-order valence-electron chi connectivity index (χ3n) is 5.02. The summed E-state index contributed by atoms with van der Waals surface area (Å²) in [6.45, 7) is 0. The van der Waals surface area contributed by atoms with E-state index in [1.165, 1.54) is 16.9 Å². The minimum absolute atomic E-state index is 0.105. The van der Waals surface area contributed by atoms with Gasteiger partial charge in [0.25, 0.3) is 5.91 Å². The topological polar surface area (TPSA) is 84.0 Å². The number of hydrogen-bond acceptors (Lipinski definition) is 5. The summed E-state index contributed by atoms with van der Waals surface area (Å²) in [5.74, 6) is -0.365. The van der Waals surface area contributed by atoms with E-state index in [-0.39, 0.29) is 11.8 Å². The SMILES string of the molecule is O=C(Cc1ccccc1)Nc1ccc(C(=O)Nc2nnc(CCCc3ccccc3)s2)cc1. The number of carbonyl (C=O) groups is 2. The van der Waals surface area contributed by atoms with E-state index in [9.17, 15) is 9.59 Å². The molecule has 0 unspecified atom stereocenters. The molecule has 0 radical (unpaired) electrons. The largest absolute Gasteiger partial charge is 0.326 e. The second-order valence-corrected chi connectivity index (χ2v) is 8.64. The number of anilines is 2. The lowest BCUT2D eigenvalue weighted by molar-refractivity contribution is -0.115. The van der Waals surface area contributed by atoms with Crippen LogP contribution in [0.5, 0.6) is 0 Å². The maximum atomic E-state index is 12.5. The molecule has 2 N–H and O–H groups in total. The van der Waals surface area contributed by atoms with Gasteiger partial charge in [-0.2, -0.15) is 0 Å². The summed E-state index contributed by atoms with van der Waals surface area (Å²) in [6.07, 6.45) is 3.08. The molecule has 1 heterocycles. The minimum Gasteiger partial charge on any atom is -0.326 e. The molecule has 0 saturated carbocycles. The highest BCUT2D eigenvalue weighted by Crippen LogP contribution is 2.19. The quantitative estimate of drug-likeness (QED) is 0.365. The summed E-state index contributed by atoms with van der Waals surface area (Å²) < 4.78 is 0. The summed E-state index contributed by atoms with van der Waals surface area (Å²) in [7, 11) is 0. The van der Waals surface area contributed by atoms with Crippen molar-refractivity contribution in [1.29, 1.82) is 0 Å². The normalized spacial score (nSPS) is 10.5. The maximum Gasteiger partial charge on any atom is 0.257 e. The lowest BCUT2D eigenvalue weighted by Crippen LogP contribution is -2.15. The molecule has 0 spiro atoms. The molecule has 4 rings (SSSR count). The Morgan fingerprint density at radius 1 is 0.727 bits per heavy atom. The molecule has 4 aromatic rings.